The average molecular weight is 473 g/mol. The first-order valence-corrected chi connectivity index (χ1v) is 11.4. The summed E-state index contributed by atoms with van der Waals surface area (Å²) in [6.45, 7) is -0.0867. The maximum Gasteiger partial charge on any atom is 0.409 e. The van der Waals surface area contributed by atoms with Crippen molar-refractivity contribution in [2.24, 2.45) is 0 Å². The molecule has 4 rings (SSSR count). The number of nitrogens with one attached hydrogen (secondary N) is 1. The number of hydrogen-bond acceptors (Lipinski definition) is 5. The summed E-state index contributed by atoms with van der Waals surface area (Å²) in [6, 6.07) is 24.6. The maximum absolute atomic E-state index is 12.7. The monoisotopic (exact) mass is 472 g/mol. The van der Waals surface area contributed by atoms with Crippen molar-refractivity contribution >= 4 is 18.0 Å². The van der Waals surface area contributed by atoms with Crippen molar-refractivity contribution in [3.05, 3.63) is 95.6 Å². The Kier molecular flexibility index (Phi) is 7.45. The Bertz CT molecular complexity index is 1170. The van der Waals surface area contributed by atoms with Gasteiger partial charge in [0.2, 0.25) is 5.91 Å². The molecule has 0 bridgehead atoms. The van der Waals surface area contributed by atoms with Crippen LogP contribution < -0.4 is 5.32 Å². The zero-order valence-corrected chi connectivity index (χ0v) is 19.8. The molecule has 35 heavy (non-hydrogen) atoms. The minimum Gasteiger partial charge on any atom is -0.467 e. The molecule has 0 fully saturated rings. The SMILES string of the molecule is COC(=O)[C@H](Cc1ccccc1)NC(=O)CN(C)C(=O)OCC1c2ccccc2-c2ccccc21. The van der Waals surface area contributed by atoms with Crippen LogP contribution in [0.2, 0.25) is 0 Å². The number of fused-ring (bicyclic) bond motifs is 3. The number of carbonyl (C=O) groups is 3. The van der Waals surface area contributed by atoms with Gasteiger partial charge in [-0.15, -0.1) is 0 Å². The summed E-state index contributed by atoms with van der Waals surface area (Å²) < 4.78 is 10.4. The van der Waals surface area contributed by atoms with E-state index in [0.717, 1.165) is 27.8 Å². The summed E-state index contributed by atoms with van der Waals surface area (Å²) in [4.78, 5) is 38.6. The molecule has 0 radical (unpaired) electrons. The van der Waals surface area contributed by atoms with Gasteiger partial charge in [0, 0.05) is 19.4 Å². The second-order valence-electron chi connectivity index (χ2n) is 8.49. The Hall–Kier alpha value is -4.13. The topological polar surface area (TPSA) is 84.9 Å². The molecular weight excluding hydrogens is 444 g/mol. The van der Waals surface area contributed by atoms with Crippen LogP contribution in [0.25, 0.3) is 11.1 Å². The smallest absolute Gasteiger partial charge is 0.409 e. The van der Waals surface area contributed by atoms with Crippen molar-refractivity contribution in [3.8, 4) is 11.1 Å². The molecule has 0 spiro atoms. The molecule has 0 aliphatic heterocycles. The minimum absolute atomic E-state index is 0.0665. The quantitative estimate of drug-likeness (QED) is 0.505. The van der Waals surface area contributed by atoms with Crippen LogP contribution in [0, 0.1) is 0 Å². The van der Waals surface area contributed by atoms with E-state index in [-0.39, 0.29) is 25.5 Å². The van der Waals surface area contributed by atoms with Gasteiger partial charge in [-0.25, -0.2) is 9.59 Å². The summed E-state index contributed by atoms with van der Waals surface area (Å²) in [7, 11) is 2.76. The number of carbonyl (C=O) groups excluding carboxylic acids is 3. The molecule has 3 aromatic rings. The van der Waals surface area contributed by atoms with E-state index in [1.807, 2.05) is 66.7 Å². The number of nitrogens with zero attached hydrogens (tertiary/aromatic N) is 1. The van der Waals surface area contributed by atoms with E-state index in [1.54, 1.807) is 0 Å². The zero-order chi connectivity index (χ0) is 24.8. The zero-order valence-electron chi connectivity index (χ0n) is 19.8. The highest BCUT2D eigenvalue weighted by Gasteiger charge is 2.30. The molecule has 7 nitrogen and oxygen atoms in total. The summed E-state index contributed by atoms with van der Waals surface area (Å²) >= 11 is 0. The fourth-order valence-electron chi connectivity index (χ4n) is 4.41. The lowest BCUT2D eigenvalue weighted by molar-refractivity contribution is -0.145. The molecule has 0 saturated heterocycles. The predicted octanol–water partition coefficient (Wildman–Crippen LogP) is 3.77. The molecule has 2 amide bonds. The molecule has 0 aromatic heterocycles. The van der Waals surface area contributed by atoms with Gasteiger partial charge in [-0.05, 0) is 27.8 Å². The van der Waals surface area contributed by atoms with Gasteiger partial charge in [0.25, 0.3) is 0 Å². The fraction of sp³-hybridized carbons (Fsp3) is 0.250. The molecule has 0 saturated carbocycles. The molecule has 0 heterocycles. The predicted molar refractivity (Wildman–Crippen MR) is 132 cm³/mol. The lowest BCUT2D eigenvalue weighted by atomic mass is 9.98. The van der Waals surface area contributed by atoms with Crippen LogP contribution in [0.15, 0.2) is 78.9 Å². The highest BCUT2D eigenvalue weighted by atomic mass is 16.6. The largest absolute Gasteiger partial charge is 0.467 e. The Labute approximate surface area is 204 Å². The van der Waals surface area contributed by atoms with Gasteiger partial charge in [0.05, 0.1) is 7.11 Å². The standard InChI is InChI=1S/C28H28N2O5/c1-30(17-26(31)29-25(27(32)34-2)16-19-10-4-3-5-11-19)28(33)35-18-24-22-14-8-6-12-20(22)21-13-7-9-15-23(21)24/h3-15,24-25H,16-18H2,1-2H3,(H,29,31)/t25-/m0/s1. The van der Waals surface area contributed by atoms with Crippen molar-refractivity contribution in [2.45, 2.75) is 18.4 Å². The highest BCUT2D eigenvalue weighted by molar-refractivity contribution is 5.87. The van der Waals surface area contributed by atoms with Crippen LogP contribution in [-0.2, 0) is 25.5 Å². The third kappa shape index (κ3) is 5.51. The van der Waals surface area contributed by atoms with Crippen LogP contribution in [0.4, 0.5) is 4.79 Å². The maximum atomic E-state index is 12.7. The van der Waals surface area contributed by atoms with Crippen molar-refractivity contribution in [3.63, 3.8) is 0 Å². The molecule has 1 N–H and O–H groups in total. The number of rotatable bonds is 8. The van der Waals surface area contributed by atoms with Gasteiger partial charge in [-0.1, -0.05) is 78.9 Å². The van der Waals surface area contributed by atoms with E-state index < -0.39 is 24.0 Å². The summed E-state index contributed by atoms with van der Waals surface area (Å²) in [5.74, 6) is -1.10. The Balaban J connectivity index is 1.34. The van der Waals surface area contributed by atoms with Crippen molar-refractivity contribution in [2.75, 3.05) is 27.3 Å². The van der Waals surface area contributed by atoms with E-state index in [1.165, 1.54) is 19.1 Å². The van der Waals surface area contributed by atoms with Crippen LogP contribution in [0.5, 0.6) is 0 Å². The first kappa shape index (κ1) is 24.0. The normalized spacial score (nSPS) is 12.7. The lowest BCUT2D eigenvalue weighted by Gasteiger charge is -2.21. The first-order chi connectivity index (χ1) is 17.0. The van der Waals surface area contributed by atoms with E-state index in [9.17, 15) is 14.4 Å². The summed E-state index contributed by atoms with van der Waals surface area (Å²) in [6.07, 6.45) is -0.326. The number of esters is 1. The molecular formula is C28H28N2O5. The van der Waals surface area contributed by atoms with Gasteiger partial charge in [0.15, 0.2) is 0 Å². The van der Waals surface area contributed by atoms with E-state index in [4.69, 9.17) is 9.47 Å². The highest BCUT2D eigenvalue weighted by Crippen LogP contribution is 2.44. The Morgan fingerprint density at radius 2 is 1.46 bits per heavy atom. The van der Waals surface area contributed by atoms with Crippen molar-refractivity contribution < 1.29 is 23.9 Å². The van der Waals surface area contributed by atoms with Gasteiger partial charge >= 0.3 is 12.1 Å². The lowest BCUT2D eigenvalue weighted by Crippen LogP contribution is -2.47. The number of amides is 2. The molecule has 1 aliphatic rings. The number of hydrogen-bond donors (Lipinski definition) is 1. The fourth-order valence-corrected chi connectivity index (χ4v) is 4.41. The van der Waals surface area contributed by atoms with Crippen LogP contribution in [0.3, 0.4) is 0 Å². The molecule has 180 valence electrons. The van der Waals surface area contributed by atoms with Gasteiger partial charge in [-0.2, -0.15) is 0 Å². The Morgan fingerprint density at radius 1 is 0.886 bits per heavy atom. The first-order valence-electron chi connectivity index (χ1n) is 11.4. The van der Waals surface area contributed by atoms with Crippen molar-refractivity contribution in [1.29, 1.82) is 0 Å². The van der Waals surface area contributed by atoms with E-state index in [2.05, 4.69) is 17.4 Å². The summed E-state index contributed by atoms with van der Waals surface area (Å²) in [5, 5.41) is 2.66. The number of benzene rings is 3. The average Bonchev–Trinajstić information content (AvgIpc) is 3.20. The third-order valence-corrected chi connectivity index (χ3v) is 6.13. The van der Waals surface area contributed by atoms with Gasteiger partial charge in [0.1, 0.15) is 19.2 Å². The molecule has 0 unspecified atom stereocenters. The van der Waals surface area contributed by atoms with E-state index in [0.29, 0.717) is 0 Å². The van der Waals surface area contributed by atoms with Crippen LogP contribution in [-0.4, -0.2) is 56.2 Å². The second-order valence-corrected chi connectivity index (χ2v) is 8.49. The van der Waals surface area contributed by atoms with E-state index >= 15 is 0 Å². The Morgan fingerprint density at radius 3 is 2.06 bits per heavy atom. The minimum atomic E-state index is -0.856. The van der Waals surface area contributed by atoms with Gasteiger partial charge in [-0.3, -0.25) is 4.79 Å². The number of ether oxygens (including phenoxy) is 2. The molecule has 1 atom stereocenters. The summed E-state index contributed by atoms with van der Waals surface area (Å²) in [5.41, 5.74) is 5.40. The van der Waals surface area contributed by atoms with Crippen LogP contribution >= 0.6 is 0 Å². The third-order valence-electron chi connectivity index (χ3n) is 6.13. The number of likely N-dealkylation sites (N-methyl/N-ethyl adjacent to an activating group) is 1. The second kappa shape index (κ2) is 10.9. The van der Waals surface area contributed by atoms with Crippen molar-refractivity contribution in [1.82, 2.24) is 10.2 Å². The molecule has 1 aliphatic carbocycles. The number of methoxy groups -OCH3 is 1. The molecule has 7 heteroatoms. The van der Waals surface area contributed by atoms with Crippen LogP contribution in [0.1, 0.15) is 22.6 Å². The molecule has 3 aromatic carbocycles. The van der Waals surface area contributed by atoms with Gasteiger partial charge < -0.3 is 19.7 Å².